The van der Waals surface area contributed by atoms with Gasteiger partial charge in [-0.15, -0.1) is 0 Å². The van der Waals surface area contributed by atoms with Crippen LogP contribution in [0.25, 0.3) is 0 Å². The Balaban J connectivity index is 2.03. The van der Waals surface area contributed by atoms with E-state index in [1.807, 2.05) is 0 Å². The highest BCUT2D eigenvalue weighted by Gasteiger charge is 2.05. The van der Waals surface area contributed by atoms with Crippen molar-refractivity contribution >= 4 is 0 Å². The second-order valence-electron chi connectivity index (χ2n) is 2.95. The molecular weight excluding hydrogens is 182 g/mol. The maximum absolute atomic E-state index is 5.04. The summed E-state index contributed by atoms with van der Waals surface area (Å²) in [6.45, 7) is 2.56. The molecule has 0 N–H and O–H groups in total. The van der Waals surface area contributed by atoms with Crippen LogP contribution in [-0.4, -0.2) is 24.9 Å². The van der Waals surface area contributed by atoms with E-state index in [1.54, 1.807) is 11.0 Å². The molecule has 2 aromatic heterocycles. The highest BCUT2D eigenvalue weighted by molar-refractivity contribution is 4.86. The summed E-state index contributed by atoms with van der Waals surface area (Å²) >= 11 is 0. The lowest BCUT2D eigenvalue weighted by Gasteiger charge is -1.91. The molecule has 14 heavy (non-hydrogen) atoms. The van der Waals surface area contributed by atoms with E-state index in [9.17, 15) is 0 Å². The summed E-state index contributed by atoms with van der Waals surface area (Å²) in [6.07, 6.45) is 4.95. The number of hydrogen-bond donors (Lipinski definition) is 0. The van der Waals surface area contributed by atoms with Crippen LogP contribution in [0.4, 0.5) is 0 Å². The third-order valence-corrected chi connectivity index (χ3v) is 1.75. The van der Waals surface area contributed by atoms with Gasteiger partial charge in [0.15, 0.2) is 5.82 Å². The van der Waals surface area contributed by atoms with Crippen molar-refractivity contribution < 1.29 is 4.52 Å². The molecule has 2 rings (SSSR count). The largest absolute Gasteiger partial charge is 0.337 e. The van der Waals surface area contributed by atoms with Gasteiger partial charge in [0.2, 0.25) is 5.89 Å². The fourth-order valence-corrected chi connectivity index (χ4v) is 1.13. The number of aryl methyl sites for hydroxylation is 1. The molecular formula is C8H11N5O. The first-order chi connectivity index (χ1) is 6.88. The SMILES string of the molecule is CCCc1noc(Cn2cncn2)n1. The maximum atomic E-state index is 5.04. The monoisotopic (exact) mass is 193 g/mol. The highest BCUT2D eigenvalue weighted by Crippen LogP contribution is 2.01. The predicted molar refractivity (Wildman–Crippen MR) is 47.4 cm³/mol. The molecule has 0 saturated carbocycles. The van der Waals surface area contributed by atoms with Crippen LogP contribution in [0.1, 0.15) is 25.1 Å². The second kappa shape index (κ2) is 3.99. The molecule has 0 fully saturated rings. The fraction of sp³-hybridized carbons (Fsp3) is 0.500. The molecule has 6 heteroatoms. The van der Waals surface area contributed by atoms with Crippen molar-refractivity contribution in [2.45, 2.75) is 26.3 Å². The molecule has 0 saturated heterocycles. The summed E-state index contributed by atoms with van der Waals surface area (Å²) < 4.78 is 6.68. The van der Waals surface area contributed by atoms with E-state index in [4.69, 9.17) is 4.52 Å². The summed E-state index contributed by atoms with van der Waals surface area (Å²) in [5.74, 6) is 1.32. The van der Waals surface area contributed by atoms with Gasteiger partial charge in [-0.1, -0.05) is 12.1 Å². The van der Waals surface area contributed by atoms with Crippen molar-refractivity contribution in [1.82, 2.24) is 24.9 Å². The normalized spacial score (nSPS) is 10.6. The Labute approximate surface area is 81.0 Å². The number of rotatable bonds is 4. The minimum Gasteiger partial charge on any atom is -0.337 e. The molecule has 0 aliphatic rings. The van der Waals surface area contributed by atoms with Gasteiger partial charge in [0.05, 0.1) is 0 Å². The van der Waals surface area contributed by atoms with Crippen molar-refractivity contribution in [2.75, 3.05) is 0 Å². The Hall–Kier alpha value is -1.72. The van der Waals surface area contributed by atoms with Crippen LogP contribution in [-0.2, 0) is 13.0 Å². The summed E-state index contributed by atoms with van der Waals surface area (Å²) in [4.78, 5) is 8.03. The topological polar surface area (TPSA) is 69.6 Å². The molecule has 0 bridgehead atoms. The summed E-state index contributed by atoms with van der Waals surface area (Å²) in [5, 5.41) is 7.78. The summed E-state index contributed by atoms with van der Waals surface area (Å²) in [7, 11) is 0. The molecule has 0 aliphatic heterocycles. The Morgan fingerprint density at radius 2 is 2.43 bits per heavy atom. The van der Waals surface area contributed by atoms with E-state index >= 15 is 0 Å². The van der Waals surface area contributed by atoms with E-state index in [2.05, 4.69) is 27.1 Å². The average Bonchev–Trinajstić information content (AvgIpc) is 2.79. The first kappa shape index (κ1) is 8.86. The lowest BCUT2D eigenvalue weighted by atomic mass is 10.3. The molecule has 6 nitrogen and oxygen atoms in total. The van der Waals surface area contributed by atoms with Crippen LogP contribution in [0.5, 0.6) is 0 Å². The molecule has 0 radical (unpaired) electrons. The lowest BCUT2D eigenvalue weighted by molar-refractivity contribution is 0.361. The van der Waals surface area contributed by atoms with E-state index in [-0.39, 0.29) is 0 Å². The van der Waals surface area contributed by atoms with E-state index in [0.29, 0.717) is 12.4 Å². The highest BCUT2D eigenvalue weighted by atomic mass is 16.5. The van der Waals surface area contributed by atoms with Crippen LogP contribution < -0.4 is 0 Å². The molecule has 0 aliphatic carbocycles. The van der Waals surface area contributed by atoms with Gasteiger partial charge < -0.3 is 4.52 Å². The Morgan fingerprint density at radius 1 is 1.50 bits per heavy atom. The smallest absolute Gasteiger partial charge is 0.248 e. The van der Waals surface area contributed by atoms with E-state index < -0.39 is 0 Å². The Kier molecular flexibility index (Phi) is 2.53. The van der Waals surface area contributed by atoms with Gasteiger partial charge in [-0.3, -0.25) is 0 Å². The lowest BCUT2D eigenvalue weighted by Crippen LogP contribution is -2.00. The Bertz CT molecular complexity index is 380. The zero-order valence-electron chi connectivity index (χ0n) is 7.92. The van der Waals surface area contributed by atoms with Crippen molar-refractivity contribution in [3.05, 3.63) is 24.4 Å². The third kappa shape index (κ3) is 1.95. The fourth-order valence-electron chi connectivity index (χ4n) is 1.13. The Morgan fingerprint density at radius 3 is 3.14 bits per heavy atom. The predicted octanol–water partition coefficient (Wildman–Crippen LogP) is 0.662. The second-order valence-corrected chi connectivity index (χ2v) is 2.95. The molecule has 0 spiro atoms. The van der Waals surface area contributed by atoms with Crippen LogP contribution >= 0.6 is 0 Å². The van der Waals surface area contributed by atoms with Gasteiger partial charge >= 0.3 is 0 Å². The molecule has 2 heterocycles. The minimum atomic E-state index is 0.483. The van der Waals surface area contributed by atoms with Crippen molar-refractivity contribution in [3.8, 4) is 0 Å². The van der Waals surface area contributed by atoms with Crippen molar-refractivity contribution in [1.29, 1.82) is 0 Å². The molecule has 0 aromatic carbocycles. The van der Waals surface area contributed by atoms with Gasteiger partial charge in [-0.2, -0.15) is 10.1 Å². The average molecular weight is 193 g/mol. The van der Waals surface area contributed by atoms with E-state index in [1.165, 1.54) is 6.33 Å². The summed E-state index contributed by atoms with van der Waals surface area (Å²) in [5.41, 5.74) is 0. The molecule has 74 valence electrons. The number of aromatic nitrogens is 5. The van der Waals surface area contributed by atoms with Crippen molar-refractivity contribution in [2.24, 2.45) is 0 Å². The molecule has 0 atom stereocenters. The zero-order valence-corrected chi connectivity index (χ0v) is 7.92. The number of nitrogens with zero attached hydrogens (tertiary/aromatic N) is 5. The van der Waals surface area contributed by atoms with Gasteiger partial charge in [0, 0.05) is 6.42 Å². The quantitative estimate of drug-likeness (QED) is 0.713. The standard InChI is InChI=1S/C8H11N5O/c1-2-3-7-11-8(14-12-7)4-13-6-9-5-10-13/h5-6H,2-4H2,1H3. The maximum Gasteiger partial charge on any atom is 0.248 e. The van der Waals surface area contributed by atoms with Crippen LogP contribution in [0.3, 0.4) is 0 Å². The van der Waals surface area contributed by atoms with Gasteiger partial charge in [0.1, 0.15) is 19.2 Å². The van der Waals surface area contributed by atoms with Gasteiger partial charge in [-0.05, 0) is 6.42 Å². The van der Waals surface area contributed by atoms with Crippen LogP contribution in [0, 0.1) is 0 Å². The van der Waals surface area contributed by atoms with Crippen LogP contribution in [0.15, 0.2) is 17.2 Å². The molecule has 0 amide bonds. The van der Waals surface area contributed by atoms with Gasteiger partial charge in [-0.25, -0.2) is 9.67 Å². The molecule has 0 unspecified atom stereocenters. The first-order valence-electron chi connectivity index (χ1n) is 4.52. The summed E-state index contributed by atoms with van der Waals surface area (Å²) in [6, 6.07) is 0. The van der Waals surface area contributed by atoms with Gasteiger partial charge in [0.25, 0.3) is 0 Å². The van der Waals surface area contributed by atoms with E-state index in [0.717, 1.165) is 18.7 Å². The zero-order chi connectivity index (χ0) is 9.80. The van der Waals surface area contributed by atoms with Crippen molar-refractivity contribution in [3.63, 3.8) is 0 Å². The van der Waals surface area contributed by atoms with Crippen LogP contribution in [0.2, 0.25) is 0 Å². The number of hydrogen-bond acceptors (Lipinski definition) is 5. The molecule has 2 aromatic rings. The first-order valence-corrected chi connectivity index (χ1v) is 4.52. The third-order valence-electron chi connectivity index (χ3n) is 1.75. The minimum absolute atomic E-state index is 0.483.